The van der Waals surface area contributed by atoms with Gasteiger partial charge in [0.2, 0.25) is 5.91 Å². The summed E-state index contributed by atoms with van der Waals surface area (Å²) in [6, 6.07) is 9.36. The number of hydrogen-bond acceptors (Lipinski definition) is 7. The van der Waals surface area contributed by atoms with Crippen molar-refractivity contribution < 1.29 is 37.8 Å². The van der Waals surface area contributed by atoms with Crippen molar-refractivity contribution in [1.29, 1.82) is 0 Å². The summed E-state index contributed by atoms with van der Waals surface area (Å²) in [7, 11) is 0. The molecule has 3 aromatic rings. The third-order valence-corrected chi connectivity index (χ3v) is 6.10. The Hall–Kier alpha value is -3.81. The molecule has 37 heavy (non-hydrogen) atoms. The highest BCUT2D eigenvalue weighted by molar-refractivity contribution is 7.09. The maximum absolute atomic E-state index is 13.7. The second kappa shape index (κ2) is 12.9. The Morgan fingerprint density at radius 1 is 0.892 bits per heavy atom. The fourth-order valence-electron chi connectivity index (χ4n) is 3.42. The van der Waals surface area contributed by atoms with E-state index in [1.165, 1.54) is 18.2 Å². The number of nitrogens with zero attached hydrogens (tertiary/aromatic N) is 3. The minimum absolute atomic E-state index is 0.0224. The number of benzene rings is 2. The molecule has 1 aliphatic rings. The second-order valence-corrected chi connectivity index (χ2v) is 8.91. The minimum atomic E-state index is -1.82. The van der Waals surface area contributed by atoms with Crippen molar-refractivity contribution in [2.24, 2.45) is 0 Å². The summed E-state index contributed by atoms with van der Waals surface area (Å²) in [5.74, 6) is -5.72. The zero-order chi connectivity index (χ0) is 26.9. The number of aliphatic carboxylic acids is 2. The molecule has 0 bridgehead atoms. The number of hydrogen-bond donors (Lipinski definition) is 3. The van der Waals surface area contributed by atoms with Gasteiger partial charge in [-0.05, 0) is 36.4 Å². The lowest BCUT2D eigenvalue weighted by molar-refractivity contribution is -0.159. The summed E-state index contributed by atoms with van der Waals surface area (Å²) in [4.78, 5) is 39.3. The van der Waals surface area contributed by atoms with E-state index >= 15 is 0 Å². The number of carbonyl (C=O) groups excluding carboxylic acids is 1. The van der Waals surface area contributed by atoms with Gasteiger partial charge in [0.05, 0.1) is 24.5 Å². The van der Waals surface area contributed by atoms with Gasteiger partial charge in [0.15, 0.2) is 0 Å². The number of rotatable bonds is 6. The maximum atomic E-state index is 13.7. The molecule has 2 aromatic carbocycles. The van der Waals surface area contributed by atoms with Crippen LogP contribution in [0.5, 0.6) is 0 Å². The van der Waals surface area contributed by atoms with E-state index < -0.39 is 23.6 Å². The molecule has 13 heteroatoms. The summed E-state index contributed by atoms with van der Waals surface area (Å²) < 4.78 is 39.7. The van der Waals surface area contributed by atoms with E-state index in [1.54, 1.807) is 23.5 Å². The van der Waals surface area contributed by atoms with Gasteiger partial charge >= 0.3 is 11.9 Å². The first kappa shape index (κ1) is 27.8. The molecule has 3 N–H and O–H groups in total. The van der Waals surface area contributed by atoms with Gasteiger partial charge in [-0.15, -0.1) is 11.3 Å². The van der Waals surface area contributed by atoms with Crippen molar-refractivity contribution >= 4 is 34.9 Å². The quantitative estimate of drug-likeness (QED) is 0.411. The third kappa shape index (κ3) is 8.66. The first-order valence-corrected chi connectivity index (χ1v) is 11.8. The summed E-state index contributed by atoms with van der Waals surface area (Å²) >= 11 is 1.57. The molecule has 0 radical (unpaired) electrons. The van der Waals surface area contributed by atoms with Crippen LogP contribution >= 0.6 is 11.3 Å². The van der Waals surface area contributed by atoms with Crippen LogP contribution in [0.1, 0.15) is 5.01 Å². The maximum Gasteiger partial charge on any atom is 0.414 e. The first-order chi connectivity index (χ1) is 17.6. The topological polar surface area (TPSA) is 123 Å². The number of anilines is 1. The number of halogens is 3. The molecule has 2 heterocycles. The van der Waals surface area contributed by atoms with Crippen LogP contribution in [-0.4, -0.2) is 75.6 Å². The monoisotopic (exact) mass is 536 g/mol. The highest BCUT2D eigenvalue weighted by Gasteiger charge is 2.20. The highest BCUT2D eigenvalue weighted by atomic mass is 32.1. The summed E-state index contributed by atoms with van der Waals surface area (Å²) in [5.41, 5.74) is 1.70. The van der Waals surface area contributed by atoms with E-state index in [0.717, 1.165) is 41.5 Å². The molecule has 4 rings (SSSR count). The Balaban J connectivity index is 0.000000568. The molecule has 1 fully saturated rings. The van der Waals surface area contributed by atoms with E-state index in [0.29, 0.717) is 19.6 Å². The van der Waals surface area contributed by atoms with Crippen LogP contribution in [0.4, 0.5) is 18.9 Å². The van der Waals surface area contributed by atoms with E-state index in [-0.39, 0.29) is 24.0 Å². The van der Waals surface area contributed by atoms with Gasteiger partial charge in [-0.25, -0.2) is 27.7 Å². The average molecular weight is 537 g/mol. The normalized spacial score (nSPS) is 13.9. The first-order valence-electron chi connectivity index (χ1n) is 11.0. The number of carboxylic acids is 2. The Morgan fingerprint density at radius 3 is 2.08 bits per heavy atom. The van der Waals surface area contributed by atoms with Gasteiger partial charge in [0.1, 0.15) is 22.5 Å². The smallest absolute Gasteiger partial charge is 0.414 e. The van der Waals surface area contributed by atoms with Crippen LogP contribution in [0.25, 0.3) is 11.3 Å². The van der Waals surface area contributed by atoms with Gasteiger partial charge < -0.3 is 15.5 Å². The molecular weight excluding hydrogens is 513 g/mol. The van der Waals surface area contributed by atoms with Crippen LogP contribution in [0, 0.1) is 17.5 Å². The van der Waals surface area contributed by atoms with Crippen LogP contribution in [0.3, 0.4) is 0 Å². The molecule has 0 aliphatic carbocycles. The van der Waals surface area contributed by atoms with Crippen LogP contribution in [-0.2, 0) is 20.9 Å². The van der Waals surface area contributed by atoms with Gasteiger partial charge in [-0.2, -0.15) is 0 Å². The van der Waals surface area contributed by atoms with E-state index in [9.17, 15) is 18.0 Å². The SMILES string of the molecule is O=C(CN1CCN(Cc2nc(-c3ccc(F)cc3)cs2)CC1)Nc1ccc(F)cc1F.O=C(O)C(=O)O. The molecule has 9 nitrogen and oxygen atoms in total. The molecule has 1 saturated heterocycles. The molecule has 1 aromatic heterocycles. The summed E-state index contributed by atoms with van der Waals surface area (Å²) in [6.45, 7) is 3.83. The number of carboxylic acid groups (broad SMARTS) is 2. The van der Waals surface area contributed by atoms with E-state index in [1.807, 2.05) is 10.3 Å². The largest absolute Gasteiger partial charge is 0.473 e. The minimum Gasteiger partial charge on any atom is -0.473 e. The molecule has 0 unspecified atom stereocenters. The second-order valence-electron chi connectivity index (χ2n) is 7.97. The lowest BCUT2D eigenvalue weighted by Gasteiger charge is -2.33. The third-order valence-electron chi connectivity index (χ3n) is 5.27. The highest BCUT2D eigenvalue weighted by Crippen LogP contribution is 2.23. The van der Waals surface area contributed by atoms with Gasteiger partial charge in [0, 0.05) is 43.2 Å². The summed E-state index contributed by atoms with van der Waals surface area (Å²) in [5, 5.41) is 20.2. The number of piperazine rings is 1. The Kier molecular flexibility index (Phi) is 9.71. The van der Waals surface area contributed by atoms with Crippen LogP contribution in [0.2, 0.25) is 0 Å². The van der Waals surface area contributed by atoms with Crippen LogP contribution < -0.4 is 5.32 Å². The fraction of sp³-hybridized carbons (Fsp3) is 0.250. The number of nitrogens with one attached hydrogen (secondary N) is 1. The van der Waals surface area contributed by atoms with E-state index in [2.05, 4.69) is 15.2 Å². The molecule has 0 saturated carbocycles. The zero-order valence-corrected chi connectivity index (χ0v) is 20.2. The Morgan fingerprint density at radius 2 is 1.49 bits per heavy atom. The zero-order valence-electron chi connectivity index (χ0n) is 19.4. The average Bonchev–Trinajstić information content (AvgIpc) is 3.31. The van der Waals surface area contributed by atoms with Crippen molar-refractivity contribution in [3.8, 4) is 11.3 Å². The number of aromatic nitrogens is 1. The number of amides is 1. The van der Waals surface area contributed by atoms with Gasteiger partial charge in [-0.1, -0.05) is 0 Å². The fourth-order valence-corrected chi connectivity index (χ4v) is 4.26. The van der Waals surface area contributed by atoms with E-state index in [4.69, 9.17) is 19.8 Å². The lowest BCUT2D eigenvalue weighted by atomic mass is 10.2. The molecule has 0 atom stereocenters. The van der Waals surface area contributed by atoms with Crippen molar-refractivity contribution in [2.75, 3.05) is 38.0 Å². The predicted octanol–water partition coefficient (Wildman–Crippen LogP) is 3.14. The summed E-state index contributed by atoms with van der Waals surface area (Å²) in [6.07, 6.45) is 0. The molecule has 1 aliphatic heterocycles. The number of thiazole rings is 1. The van der Waals surface area contributed by atoms with Gasteiger partial charge in [-0.3, -0.25) is 14.6 Å². The number of carbonyl (C=O) groups is 3. The molecular formula is C24H23F3N4O5S. The molecule has 0 spiro atoms. The van der Waals surface area contributed by atoms with Crippen molar-refractivity contribution in [3.05, 3.63) is 70.3 Å². The van der Waals surface area contributed by atoms with Crippen molar-refractivity contribution in [3.63, 3.8) is 0 Å². The van der Waals surface area contributed by atoms with Gasteiger partial charge in [0.25, 0.3) is 0 Å². The lowest BCUT2D eigenvalue weighted by Crippen LogP contribution is -2.48. The Labute approximate surface area is 213 Å². The molecule has 1 amide bonds. The molecule has 196 valence electrons. The van der Waals surface area contributed by atoms with Crippen molar-refractivity contribution in [1.82, 2.24) is 14.8 Å². The Bertz CT molecular complexity index is 1240. The standard InChI is InChI=1S/C22H21F3N4OS.C2H2O4/c23-16-3-1-15(2-4-16)20-14-31-22(27-20)13-29-9-7-28(8-10-29)12-21(30)26-19-6-5-17(24)11-18(19)25;3-1(4)2(5)6/h1-6,11,14H,7-10,12-13H2,(H,26,30);(H,3,4)(H,5,6). The van der Waals surface area contributed by atoms with Crippen molar-refractivity contribution in [2.45, 2.75) is 6.54 Å². The van der Waals surface area contributed by atoms with Crippen LogP contribution in [0.15, 0.2) is 47.8 Å². The predicted molar refractivity (Wildman–Crippen MR) is 129 cm³/mol.